The highest BCUT2D eigenvalue weighted by Crippen LogP contribution is 2.14. The van der Waals surface area contributed by atoms with Crippen LogP contribution in [0.15, 0.2) is 0 Å². The summed E-state index contributed by atoms with van der Waals surface area (Å²) < 4.78 is 11.2. The van der Waals surface area contributed by atoms with Crippen molar-refractivity contribution in [3.63, 3.8) is 0 Å². The summed E-state index contributed by atoms with van der Waals surface area (Å²) in [6.45, 7) is 1.68. The molecule has 0 radical (unpaired) electrons. The Labute approximate surface area is 117 Å². The van der Waals surface area contributed by atoms with Gasteiger partial charge >= 0.3 is 0 Å². The maximum Gasteiger partial charge on any atom is 0.157 e. The van der Waals surface area contributed by atoms with Gasteiger partial charge < -0.3 is 14.6 Å². The molecule has 2 atom stereocenters. The van der Waals surface area contributed by atoms with Gasteiger partial charge in [0, 0.05) is 13.2 Å². The highest BCUT2D eigenvalue weighted by Gasteiger charge is 2.13. The normalized spacial score (nSPS) is 20.9. The van der Waals surface area contributed by atoms with Crippen molar-refractivity contribution < 1.29 is 14.6 Å². The highest BCUT2D eigenvalue weighted by atomic mass is 16.7. The molecule has 1 fully saturated rings. The molecule has 0 aliphatic carbocycles. The van der Waals surface area contributed by atoms with Gasteiger partial charge in [-0.05, 0) is 38.5 Å². The van der Waals surface area contributed by atoms with Crippen LogP contribution in [-0.4, -0.2) is 30.7 Å². The number of ether oxygens (including phenoxy) is 2. The van der Waals surface area contributed by atoms with Gasteiger partial charge in [0.25, 0.3) is 0 Å². The van der Waals surface area contributed by atoms with Crippen molar-refractivity contribution in [1.82, 2.24) is 0 Å². The van der Waals surface area contributed by atoms with Gasteiger partial charge in [-0.3, -0.25) is 0 Å². The Morgan fingerprint density at radius 3 is 2.58 bits per heavy atom. The number of aliphatic hydroxyl groups is 1. The summed E-state index contributed by atoms with van der Waals surface area (Å²) >= 11 is 0. The zero-order valence-electron chi connectivity index (χ0n) is 12.0. The average Bonchev–Trinajstić information content (AvgIpc) is 2.46. The Hall–Kier alpha value is -0.560. The first-order valence-electron chi connectivity index (χ1n) is 7.70. The molecule has 1 N–H and O–H groups in total. The fraction of sp³-hybridized carbons (Fsp3) is 0.875. The lowest BCUT2D eigenvalue weighted by atomic mass is 10.1. The Kier molecular flexibility index (Phi) is 9.79. The molecule has 0 aromatic heterocycles. The molecule has 1 heterocycles. The summed E-state index contributed by atoms with van der Waals surface area (Å²) in [5.74, 6) is 2.34. The first-order chi connectivity index (χ1) is 9.33. The number of hydrogen-bond acceptors (Lipinski definition) is 3. The molecule has 0 bridgehead atoms. The van der Waals surface area contributed by atoms with Crippen LogP contribution >= 0.6 is 0 Å². The smallest absolute Gasteiger partial charge is 0.157 e. The van der Waals surface area contributed by atoms with Crippen LogP contribution in [0.4, 0.5) is 0 Å². The van der Waals surface area contributed by atoms with Crippen molar-refractivity contribution in [2.75, 3.05) is 13.2 Å². The van der Waals surface area contributed by atoms with Gasteiger partial charge in [0.05, 0.1) is 0 Å². The molecule has 0 aromatic rings. The Balaban J connectivity index is 1.77. The molecule has 3 nitrogen and oxygen atoms in total. The highest BCUT2D eigenvalue weighted by molar-refractivity contribution is 4.92. The molecule has 3 heteroatoms. The molecular weight excluding hydrogens is 240 g/mol. The van der Waals surface area contributed by atoms with Gasteiger partial charge in [0.1, 0.15) is 6.10 Å². The third-order valence-electron chi connectivity index (χ3n) is 3.51. The van der Waals surface area contributed by atoms with Gasteiger partial charge in [0.15, 0.2) is 6.29 Å². The number of unbranched alkanes of at least 4 members (excludes halogenated alkanes) is 5. The summed E-state index contributed by atoms with van der Waals surface area (Å²) in [6.07, 6.45) is 15.8. The standard InChI is InChI=1S/C16H28O3/c1-2-15(17)11-7-5-3-4-6-9-13-18-16-12-8-10-14-19-16/h1,15-17H,3-14H2/t15-,16?/m1/s1. The third-order valence-corrected chi connectivity index (χ3v) is 3.51. The maximum atomic E-state index is 9.19. The first-order valence-corrected chi connectivity index (χ1v) is 7.70. The first kappa shape index (κ1) is 16.5. The zero-order valence-corrected chi connectivity index (χ0v) is 12.0. The summed E-state index contributed by atoms with van der Waals surface area (Å²) in [5, 5.41) is 9.19. The monoisotopic (exact) mass is 268 g/mol. The van der Waals surface area contributed by atoms with Crippen molar-refractivity contribution in [2.24, 2.45) is 0 Å². The van der Waals surface area contributed by atoms with Gasteiger partial charge in [0.2, 0.25) is 0 Å². The van der Waals surface area contributed by atoms with Gasteiger partial charge in [-0.1, -0.05) is 31.6 Å². The van der Waals surface area contributed by atoms with Crippen LogP contribution in [0, 0.1) is 12.3 Å². The van der Waals surface area contributed by atoms with Crippen molar-refractivity contribution in [2.45, 2.75) is 76.6 Å². The van der Waals surface area contributed by atoms with Crippen LogP contribution in [0.5, 0.6) is 0 Å². The minimum Gasteiger partial charge on any atom is -0.380 e. The summed E-state index contributed by atoms with van der Waals surface area (Å²) in [6, 6.07) is 0. The lowest BCUT2D eigenvalue weighted by molar-refractivity contribution is -0.162. The van der Waals surface area contributed by atoms with Crippen molar-refractivity contribution in [1.29, 1.82) is 0 Å². The van der Waals surface area contributed by atoms with E-state index >= 15 is 0 Å². The van der Waals surface area contributed by atoms with Crippen molar-refractivity contribution in [3.05, 3.63) is 0 Å². The number of rotatable bonds is 10. The second-order valence-corrected chi connectivity index (χ2v) is 5.26. The van der Waals surface area contributed by atoms with Gasteiger partial charge in [-0.25, -0.2) is 0 Å². The quantitative estimate of drug-likeness (QED) is 0.488. The van der Waals surface area contributed by atoms with Crippen LogP contribution in [0.1, 0.15) is 64.2 Å². The Morgan fingerprint density at radius 2 is 1.89 bits per heavy atom. The second-order valence-electron chi connectivity index (χ2n) is 5.26. The molecule has 0 amide bonds. The fourth-order valence-corrected chi connectivity index (χ4v) is 2.29. The van der Waals surface area contributed by atoms with E-state index in [2.05, 4.69) is 5.92 Å². The van der Waals surface area contributed by atoms with Crippen LogP contribution < -0.4 is 0 Å². The van der Waals surface area contributed by atoms with E-state index in [9.17, 15) is 5.11 Å². The predicted octanol–water partition coefficient (Wildman–Crippen LogP) is 3.25. The molecular formula is C16H28O3. The molecule has 0 spiro atoms. The number of hydrogen-bond donors (Lipinski definition) is 1. The van der Waals surface area contributed by atoms with Crippen molar-refractivity contribution >= 4 is 0 Å². The fourth-order valence-electron chi connectivity index (χ4n) is 2.29. The largest absolute Gasteiger partial charge is 0.380 e. The number of aliphatic hydroxyl groups excluding tert-OH is 1. The average molecular weight is 268 g/mol. The minimum atomic E-state index is -0.552. The van der Waals surface area contributed by atoms with E-state index in [1.165, 1.54) is 32.1 Å². The molecule has 0 saturated carbocycles. The molecule has 1 aliphatic rings. The lowest BCUT2D eigenvalue weighted by Crippen LogP contribution is -2.22. The summed E-state index contributed by atoms with van der Waals surface area (Å²) in [5.41, 5.74) is 0. The van der Waals surface area contributed by atoms with Crippen molar-refractivity contribution in [3.8, 4) is 12.3 Å². The Morgan fingerprint density at radius 1 is 1.16 bits per heavy atom. The lowest BCUT2D eigenvalue weighted by Gasteiger charge is -2.22. The summed E-state index contributed by atoms with van der Waals surface area (Å²) in [4.78, 5) is 0. The molecule has 1 rings (SSSR count). The topological polar surface area (TPSA) is 38.7 Å². The molecule has 1 unspecified atom stereocenters. The third kappa shape index (κ3) is 9.04. The number of terminal acetylenes is 1. The van der Waals surface area contributed by atoms with E-state index in [4.69, 9.17) is 15.9 Å². The zero-order chi connectivity index (χ0) is 13.8. The molecule has 0 aromatic carbocycles. The SMILES string of the molecule is C#C[C@@H](O)CCCCCCCCOC1CCCCO1. The minimum absolute atomic E-state index is 0.0546. The second kappa shape index (κ2) is 11.3. The van der Waals surface area contributed by atoms with Gasteiger partial charge in [-0.15, -0.1) is 6.42 Å². The summed E-state index contributed by atoms with van der Waals surface area (Å²) in [7, 11) is 0. The van der Waals surface area contributed by atoms with E-state index in [1.807, 2.05) is 0 Å². The van der Waals surface area contributed by atoms with Gasteiger partial charge in [-0.2, -0.15) is 0 Å². The van der Waals surface area contributed by atoms with E-state index in [-0.39, 0.29) is 6.29 Å². The Bertz CT molecular complexity index is 241. The maximum absolute atomic E-state index is 9.19. The predicted molar refractivity (Wildman–Crippen MR) is 76.7 cm³/mol. The van der Waals surface area contributed by atoms with E-state index in [1.54, 1.807) is 0 Å². The van der Waals surface area contributed by atoms with Crippen LogP contribution in [0.25, 0.3) is 0 Å². The molecule has 1 aliphatic heterocycles. The molecule has 19 heavy (non-hydrogen) atoms. The van der Waals surface area contributed by atoms with Crippen LogP contribution in [0.3, 0.4) is 0 Å². The van der Waals surface area contributed by atoms with E-state index < -0.39 is 6.10 Å². The molecule has 1 saturated heterocycles. The van der Waals surface area contributed by atoms with E-state index in [0.29, 0.717) is 0 Å². The van der Waals surface area contributed by atoms with Crippen LogP contribution in [0.2, 0.25) is 0 Å². The van der Waals surface area contributed by atoms with E-state index in [0.717, 1.165) is 45.3 Å². The molecule has 110 valence electrons. The van der Waals surface area contributed by atoms with Crippen LogP contribution in [-0.2, 0) is 9.47 Å².